The maximum absolute atomic E-state index is 12.9. The monoisotopic (exact) mass is 522 g/mol. The van der Waals surface area contributed by atoms with Crippen LogP contribution in [0.4, 0.5) is 5.69 Å². The molecule has 0 aromatic heterocycles. The maximum Gasteiger partial charge on any atom is 0.262 e. The molecule has 0 unspecified atom stereocenters. The minimum atomic E-state index is -3.51. The highest BCUT2D eigenvalue weighted by molar-refractivity contribution is 9.10. The number of hydrogen-bond acceptors (Lipinski definition) is 4. The van der Waals surface area contributed by atoms with E-state index in [4.69, 9.17) is 4.74 Å². The van der Waals surface area contributed by atoms with Crippen molar-refractivity contribution in [1.82, 2.24) is 4.31 Å². The molecule has 1 aliphatic rings. The highest BCUT2D eigenvalue weighted by Crippen LogP contribution is 2.32. The average Bonchev–Trinajstić information content (AvgIpc) is 3.05. The molecule has 1 heterocycles. The van der Waals surface area contributed by atoms with Crippen molar-refractivity contribution in [3.05, 3.63) is 52.0 Å². The lowest BCUT2D eigenvalue weighted by atomic mass is 10.0. The van der Waals surface area contributed by atoms with Gasteiger partial charge in [-0.2, -0.15) is 4.31 Å². The van der Waals surface area contributed by atoms with Crippen molar-refractivity contribution in [2.24, 2.45) is 0 Å². The summed E-state index contributed by atoms with van der Waals surface area (Å²) in [4.78, 5) is 12.7. The fourth-order valence-corrected chi connectivity index (χ4v) is 5.61. The van der Waals surface area contributed by atoms with E-state index in [1.807, 2.05) is 19.1 Å². The first-order valence-corrected chi connectivity index (χ1v) is 13.2. The zero-order valence-electron chi connectivity index (χ0n) is 18.9. The Balaban J connectivity index is 1.62. The van der Waals surface area contributed by atoms with Gasteiger partial charge in [-0.1, -0.05) is 42.6 Å². The van der Waals surface area contributed by atoms with Crippen molar-refractivity contribution in [2.75, 3.05) is 25.0 Å². The van der Waals surface area contributed by atoms with Crippen LogP contribution in [0.25, 0.3) is 0 Å². The Hall–Kier alpha value is -1.90. The molecule has 6 nitrogen and oxygen atoms in total. The van der Waals surface area contributed by atoms with Crippen LogP contribution in [0.3, 0.4) is 0 Å². The molecule has 0 aliphatic carbocycles. The first-order valence-electron chi connectivity index (χ1n) is 11.0. The van der Waals surface area contributed by atoms with Crippen molar-refractivity contribution in [3.8, 4) is 5.75 Å². The lowest BCUT2D eigenvalue weighted by molar-refractivity contribution is -0.118. The van der Waals surface area contributed by atoms with Gasteiger partial charge in [-0.25, -0.2) is 8.42 Å². The van der Waals surface area contributed by atoms with Crippen LogP contribution in [0.15, 0.2) is 45.8 Å². The summed E-state index contributed by atoms with van der Waals surface area (Å²) in [5.74, 6) is 0.641. The number of carbonyl (C=O) groups is 1. The van der Waals surface area contributed by atoms with Gasteiger partial charge in [0.1, 0.15) is 5.75 Å². The summed E-state index contributed by atoms with van der Waals surface area (Å²) in [6.07, 6.45) is 3.92. The largest absolute Gasteiger partial charge is 0.483 e. The number of benzene rings is 2. The summed E-state index contributed by atoms with van der Waals surface area (Å²) in [5.41, 5.74) is 2.59. The zero-order valence-corrected chi connectivity index (χ0v) is 21.3. The molecule has 1 aliphatic heterocycles. The number of aryl methyl sites for hydroxylation is 1. The van der Waals surface area contributed by atoms with Gasteiger partial charge in [-0.3, -0.25) is 4.79 Å². The van der Waals surface area contributed by atoms with E-state index in [1.54, 1.807) is 28.6 Å². The lowest BCUT2D eigenvalue weighted by Gasteiger charge is -2.20. The molecule has 0 spiro atoms. The first-order chi connectivity index (χ1) is 15.2. The molecule has 0 radical (unpaired) electrons. The molecule has 174 valence electrons. The second kappa shape index (κ2) is 10.8. The normalized spacial score (nSPS) is 15.4. The predicted octanol–water partition coefficient (Wildman–Crippen LogP) is 5.46. The minimum Gasteiger partial charge on any atom is -0.483 e. The molecule has 2 aromatic carbocycles. The molecule has 0 bridgehead atoms. The molecule has 8 heteroatoms. The Labute approximate surface area is 199 Å². The number of carbonyl (C=O) groups excluding carboxylic acids is 1. The number of rotatable bonds is 7. The number of amides is 1. The summed E-state index contributed by atoms with van der Waals surface area (Å²) in [5, 5.41) is 2.77. The van der Waals surface area contributed by atoms with Crippen LogP contribution in [0, 0.1) is 6.92 Å². The molecule has 3 rings (SSSR count). The Morgan fingerprint density at radius 2 is 1.72 bits per heavy atom. The summed E-state index contributed by atoms with van der Waals surface area (Å²) in [6, 6.07) is 10.3. The highest BCUT2D eigenvalue weighted by Gasteiger charge is 2.25. The molecular weight excluding hydrogens is 492 g/mol. The number of halogens is 1. The van der Waals surface area contributed by atoms with Crippen LogP contribution in [-0.2, 0) is 14.8 Å². The summed E-state index contributed by atoms with van der Waals surface area (Å²) in [7, 11) is -3.51. The van der Waals surface area contributed by atoms with Crippen molar-refractivity contribution in [3.63, 3.8) is 0 Å². The van der Waals surface area contributed by atoms with Gasteiger partial charge in [0.05, 0.1) is 4.90 Å². The van der Waals surface area contributed by atoms with Gasteiger partial charge < -0.3 is 10.1 Å². The number of ether oxygens (including phenoxy) is 1. The van der Waals surface area contributed by atoms with E-state index in [2.05, 4.69) is 35.1 Å². The minimum absolute atomic E-state index is 0.130. The van der Waals surface area contributed by atoms with Gasteiger partial charge in [-0.05, 0) is 73.2 Å². The Morgan fingerprint density at radius 1 is 1.09 bits per heavy atom. The number of anilines is 1. The van der Waals surface area contributed by atoms with Crippen molar-refractivity contribution in [1.29, 1.82) is 0 Å². The van der Waals surface area contributed by atoms with E-state index in [1.165, 1.54) is 0 Å². The third-order valence-electron chi connectivity index (χ3n) is 5.61. The molecular formula is C24H31BrN2O4S. The van der Waals surface area contributed by atoms with E-state index in [0.29, 0.717) is 24.5 Å². The molecule has 32 heavy (non-hydrogen) atoms. The third kappa shape index (κ3) is 6.11. The first kappa shape index (κ1) is 24.7. The lowest BCUT2D eigenvalue weighted by Crippen LogP contribution is -2.31. The summed E-state index contributed by atoms with van der Waals surface area (Å²) in [6.45, 7) is 7.12. The van der Waals surface area contributed by atoms with Gasteiger partial charge in [-0.15, -0.1) is 0 Å². The Bertz CT molecular complexity index is 1040. The standard InChI is InChI=1S/C24H31BrN2O4S/c1-17(2)21-15-22(25)18(3)14-23(21)31-16-24(28)26-19-8-10-20(11-9-19)32(29,30)27-12-6-4-5-7-13-27/h8-11,14-15,17H,4-7,12-13,16H2,1-3H3,(H,26,28). The topological polar surface area (TPSA) is 75.7 Å². The van der Waals surface area contributed by atoms with Crippen LogP contribution in [0.1, 0.15) is 56.6 Å². The van der Waals surface area contributed by atoms with E-state index >= 15 is 0 Å². The van der Waals surface area contributed by atoms with Gasteiger partial charge in [0.25, 0.3) is 5.91 Å². The average molecular weight is 523 g/mol. The van der Waals surface area contributed by atoms with Gasteiger partial charge in [0.15, 0.2) is 6.61 Å². The van der Waals surface area contributed by atoms with E-state index in [9.17, 15) is 13.2 Å². The fraction of sp³-hybridized carbons (Fsp3) is 0.458. The number of nitrogens with zero attached hydrogens (tertiary/aromatic N) is 1. The van der Waals surface area contributed by atoms with Crippen LogP contribution in [0.2, 0.25) is 0 Å². The van der Waals surface area contributed by atoms with Crippen LogP contribution >= 0.6 is 15.9 Å². The van der Waals surface area contributed by atoms with Crippen LogP contribution in [-0.4, -0.2) is 38.3 Å². The molecule has 1 amide bonds. The van der Waals surface area contributed by atoms with Crippen molar-refractivity contribution >= 4 is 37.5 Å². The SMILES string of the molecule is Cc1cc(OCC(=O)Nc2ccc(S(=O)(=O)N3CCCCCC3)cc2)c(C(C)C)cc1Br. The third-order valence-corrected chi connectivity index (χ3v) is 8.38. The molecule has 0 atom stereocenters. The quantitative estimate of drug-likeness (QED) is 0.523. The molecule has 2 aromatic rings. The van der Waals surface area contributed by atoms with E-state index in [0.717, 1.165) is 41.3 Å². The Morgan fingerprint density at radius 3 is 2.31 bits per heavy atom. The van der Waals surface area contributed by atoms with Crippen LogP contribution in [0.5, 0.6) is 5.75 Å². The van der Waals surface area contributed by atoms with E-state index < -0.39 is 10.0 Å². The van der Waals surface area contributed by atoms with Crippen molar-refractivity contribution < 1.29 is 17.9 Å². The molecule has 0 saturated carbocycles. The number of sulfonamides is 1. The van der Waals surface area contributed by atoms with Gasteiger partial charge in [0, 0.05) is 23.2 Å². The van der Waals surface area contributed by atoms with Crippen LogP contribution < -0.4 is 10.1 Å². The smallest absolute Gasteiger partial charge is 0.262 e. The second-order valence-electron chi connectivity index (χ2n) is 8.47. The summed E-state index contributed by atoms with van der Waals surface area (Å²) < 4.78 is 34.1. The van der Waals surface area contributed by atoms with Gasteiger partial charge in [0.2, 0.25) is 10.0 Å². The van der Waals surface area contributed by atoms with Crippen molar-refractivity contribution in [2.45, 2.75) is 57.3 Å². The second-order valence-corrected chi connectivity index (χ2v) is 11.3. The number of hydrogen-bond donors (Lipinski definition) is 1. The zero-order chi connectivity index (χ0) is 23.3. The van der Waals surface area contributed by atoms with Gasteiger partial charge >= 0.3 is 0 Å². The number of nitrogens with one attached hydrogen (secondary N) is 1. The predicted molar refractivity (Wildman–Crippen MR) is 131 cm³/mol. The Kier molecular flexibility index (Phi) is 8.36. The molecule has 1 fully saturated rings. The highest BCUT2D eigenvalue weighted by atomic mass is 79.9. The molecule has 1 N–H and O–H groups in total. The fourth-order valence-electron chi connectivity index (χ4n) is 3.73. The maximum atomic E-state index is 12.9. The molecule has 1 saturated heterocycles. The van der Waals surface area contributed by atoms with E-state index in [-0.39, 0.29) is 23.3 Å². The summed E-state index contributed by atoms with van der Waals surface area (Å²) >= 11 is 3.54.